The summed E-state index contributed by atoms with van der Waals surface area (Å²) in [6, 6.07) is 31.0. The number of carbonyl (C=O) groups excluding carboxylic acids is 2. The van der Waals surface area contributed by atoms with Gasteiger partial charge in [-0.3, -0.25) is 30.4 Å². The largest absolute Gasteiger partial charge is 0.497 e. The summed E-state index contributed by atoms with van der Waals surface area (Å²) in [6.45, 7) is 17.5. The zero-order chi connectivity index (χ0) is 60.7. The molecule has 3 saturated heterocycles. The molecule has 23 nitrogen and oxygen atoms in total. The van der Waals surface area contributed by atoms with Gasteiger partial charge in [0, 0.05) is 148 Å². The molecule has 3 fully saturated rings. The maximum Gasteiger partial charge on any atom is 0.413 e. The van der Waals surface area contributed by atoms with E-state index in [9.17, 15) is 9.59 Å². The molecule has 3 aliphatic rings. The summed E-state index contributed by atoms with van der Waals surface area (Å²) < 4.78 is 44.0. The van der Waals surface area contributed by atoms with Crippen LogP contribution < -0.4 is 39.4 Å². The van der Waals surface area contributed by atoms with Crippen molar-refractivity contribution in [2.45, 2.75) is 26.4 Å². The van der Waals surface area contributed by atoms with E-state index >= 15 is 0 Å². The number of pyridine rings is 2. The highest BCUT2D eigenvalue weighted by atomic mass is 16.6. The second kappa shape index (κ2) is 28.9. The third kappa shape index (κ3) is 16.5. The van der Waals surface area contributed by atoms with E-state index in [1.165, 1.54) is 0 Å². The number of urea groups is 1. The Balaban J connectivity index is 0.000000193. The Morgan fingerprint density at radius 2 is 0.897 bits per heavy atom. The second-order valence-corrected chi connectivity index (χ2v) is 21.7. The minimum absolute atomic E-state index is 0.182. The fraction of sp³-hybridized carbons (Fsp3) is 0.375. The molecule has 4 aromatic heterocycles. The number of methoxy groups -OCH3 is 4. The molecule has 0 spiro atoms. The monoisotopic (exact) mass is 1190 g/mol. The average molecular weight is 1190 g/mol. The SMILES string of the molecule is COc1cc(OC)cc(N(CCN2CCOCC2)c2ccc3ncc(-c4ccc(NC(=O)N5CCOCC5)nc4)nc3c2)c1.COc1cc(OC)cc(N(CCN2CCOCC2)c2ccc3ncc(-c4ccc(NC(=O)OC(C)(C)C)nc4)nc3c2)c1. The molecule has 3 amide bonds. The van der Waals surface area contributed by atoms with E-state index < -0.39 is 11.7 Å². The van der Waals surface area contributed by atoms with Gasteiger partial charge in [-0.1, -0.05) is 0 Å². The smallest absolute Gasteiger partial charge is 0.413 e. The van der Waals surface area contributed by atoms with Gasteiger partial charge in [-0.05, 0) is 81.4 Å². The van der Waals surface area contributed by atoms with Crippen molar-refractivity contribution in [3.63, 3.8) is 0 Å². The van der Waals surface area contributed by atoms with Gasteiger partial charge in [-0.2, -0.15) is 0 Å². The molecule has 0 radical (unpaired) electrons. The molecule has 0 unspecified atom stereocenters. The standard InChI is InChI=1S/C32H37N7O5.C32H38N6O5/c1-41-26-17-25(18-27(20-26)42-2)39(8-7-37-9-13-43-14-10-37)24-4-5-28-29(19-24)35-30(22-33-28)23-3-6-31(34-21-23)36-32(40)38-11-15-44-16-12-38;1-32(2,3)43-31(39)36-30-9-6-22(20-34-30)29-21-33-27-8-7-23(18-28(27)35-29)38(11-10-37-12-14-42-15-13-37)24-16-25(40-4)19-26(17-24)41-5/h3-6,17-22H,7-16H2,1-2H3,(H,34,36,40);6-9,16-21H,10-15H2,1-5H3,(H,34,36,39). The first-order chi connectivity index (χ1) is 42.3. The number of nitrogens with zero attached hydrogens (tertiary/aromatic N) is 11. The zero-order valence-electron chi connectivity index (χ0n) is 50.4. The van der Waals surface area contributed by atoms with Crippen LogP contribution in [-0.4, -0.2) is 196 Å². The summed E-state index contributed by atoms with van der Waals surface area (Å²) in [5.41, 5.74) is 9.27. The van der Waals surface area contributed by atoms with Crippen LogP contribution in [0.5, 0.6) is 23.0 Å². The van der Waals surface area contributed by atoms with Gasteiger partial charge in [-0.15, -0.1) is 0 Å². The molecule has 8 aromatic rings. The van der Waals surface area contributed by atoms with Crippen LogP contribution in [0.3, 0.4) is 0 Å². The Morgan fingerprint density at radius 3 is 1.29 bits per heavy atom. The van der Waals surface area contributed by atoms with Gasteiger partial charge in [0.1, 0.15) is 40.2 Å². The van der Waals surface area contributed by atoms with Crippen LogP contribution in [0.25, 0.3) is 44.6 Å². The van der Waals surface area contributed by atoms with Crippen LogP contribution >= 0.6 is 0 Å². The summed E-state index contributed by atoms with van der Waals surface area (Å²) in [6.07, 6.45) is 6.27. The lowest BCUT2D eigenvalue weighted by molar-refractivity contribution is 0.0393. The summed E-state index contributed by atoms with van der Waals surface area (Å²) in [5, 5.41) is 5.51. The summed E-state index contributed by atoms with van der Waals surface area (Å²) >= 11 is 0. The molecule has 87 heavy (non-hydrogen) atoms. The third-order valence-electron chi connectivity index (χ3n) is 14.7. The van der Waals surface area contributed by atoms with E-state index in [2.05, 4.69) is 68.4 Å². The van der Waals surface area contributed by atoms with Gasteiger partial charge in [0.25, 0.3) is 0 Å². The summed E-state index contributed by atoms with van der Waals surface area (Å²) in [7, 11) is 6.62. The number of fused-ring (bicyclic) bond motifs is 2. The second-order valence-electron chi connectivity index (χ2n) is 21.7. The Morgan fingerprint density at radius 1 is 0.483 bits per heavy atom. The Hall–Kier alpha value is -9.00. The average Bonchev–Trinajstić information content (AvgIpc) is 2.38. The van der Waals surface area contributed by atoms with Crippen molar-refractivity contribution >= 4 is 68.6 Å². The lowest BCUT2D eigenvalue weighted by Gasteiger charge is -2.31. The van der Waals surface area contributed by atoms with E-state index in [1.54, 1.807) is 70.3 Å². The molecule has 0 atom stereocenters. The van der Waals surface area contributed by atoms with E-state index in [1.807, 2.05) is 87.5 Å². The minimum atomic E-state index is -0.597. The Labute approximate surface area is 506 Å². The lowest BCUT2D eigenvalue weighted by Crippen LogP contribution is -2.43. The highest BCUT2D eigenvalue weighted by Crippen LogP contribution is 2.36. The first-order valence-corrected chi connectivity index (χ1v) is 29.0. The lowest BCUT2D eigenvalue weighted by atomic mass is 10.1. The van der Waals surface area contributed by atoms with Gasteiger partial charge in [0.05, 0.1) is 114 Å². The number of carbonyl (C=O) groups is 2. The first kappa shape index (κ1) is 61.1. The van der Waals surface area contributed by atoms with Crippen molar-refractivity contribution in [3.05, 3.63) is 122 Å². The predicted molar refractivity (Wildman–Crippen MR) is 334 cm³/mol. The fourth-order valence-electron chi connectivity index (χ4n) is 10.1. The maximum absolute atomic E-state index is 12.5. The van der Waals surface area contributed by atoms with Crippen molar-refractivity contribution in [1.29, 1.82) is 0 Å². The van der Waals surface area contributed by atoms with E-state index in [-0.39, 0.29) is 6.03 Å². The van der Waals surface area contributed by atoms with Crippen LogP contribution in [0.4, 0.5) is 44.0 Å². The summed E-state index contributed by atoms with van der Waals surface area (Å²) in [5.74, 6) is 3.73. The molecule has 0 saturated carbocycles. The first-order valence-electron chi connectivity index (χ1n) is 29.0. The zero-order valence-corrected chi connectivity index (χ0v) is 50.4. The summed E-state index contributed by atoms with van der Waals surface area (Å²) in [4.78, 5) is 63.7. The quantitative estimate of drug-likeness (QED) is 0.0815. The number of benzene rings is 4. The van der Waals surface area contributed by atoms with Gasteiger partial charge in [-0.25, -0.2) is 29.5 Å². The van der Waals surface area contributed by atoms with E-state index in [4.69, 9.17) is 47.9 Å². The van der Waals surface area contributed by atoms with E-state index in [0.717, 1.165) is 146 Å². The van der Waals surface area contributed by atoms with Crippen LogP contribution in [0, 0.1) is 0 Å². The number of hydrogen-bond donors (Lipinski definition) is 2. The number of morpholine rings is 3. The molecular formula is C64H75N13O10. The minimum Gasteiger partial charge on any atom is -0.497 e. The van der Waals surface area contributed by atoms with Crippen LogP contribution in [0.1, 0.15) is 20.8 Å². The van der Waals surface area contributed by atoms with Crippen molar-refractivity contribution in [1.82, 2.24) is 44.6 Å². The number of rotatable bonds is 18. The van der Waals surface area contributed by atoms with Crippen molar-refractivity contribution in [3.8, 4) is 45.5 Å². The van der Waals surface area contributed by atoms with Crippen molar-refractivity contribution in [2.24, 2.45) is 0 Å². The molecule has 0 aliphatic carbocycles. The highest BCUT2D eigenvalue weighted by Gasteiger charge is 2.22. The number of amides is 3. The predicted octanol–water partition coefficient (Wildman–Crippen LogP) is 9.57. The molecule has 0 bridgehead atoms. The Kier molecular flexibility index (Phi) is 20.3. The molecule has 456 valence electrons. The topological polar surface area (TPSA) is 226 Å². The number of anilines is 6. The molecular weight excluding hydrogens is 1110 g/mol. The maximum atomic E-state index is 12.5. The molecule has 11 rings (SSSR count). The highest BCUT2D eigenvalue weighted by molar-refractivity contribution is 5.89. The third-order valence-corrected chi connectivity index (χ3v) is 14.7. The van der Waals surface area contributed by atoms with Gasteiger partial charge < -0.3 is 52.6 Å². The number of aromatic nitrogens is 6. The number of hydrogen-bond acceptors (Lipinski definition) is 20. The fourth-order valence-corrected chi connectivity index (χ4v) is 10.1. The van der Waals surface area contributed by atoms with Crippen LogP contribution in [0.15, 0.2) is 122 Å². The Bertz CT molecular complexity index is 3550. The molecule has 23 heteroatoms. The van der Waals surface area contributed by atoms with Crippen LogP contribution in [-0.2, 0) is 18.9 Å². The molecule has 3 aliphatic heterocycles. The van der Waals surface area contributed by atoms with Crippen LogP contribution in [0.2, 0.25) is 0 Å². The number of ether oxygens (including phenoxy) is 8. The van der Waals surface area contributed by atoms with E-state index in [0.29, 0.717) is 60.8 Å². The van der Waals surface area contributed by atoms with Gasteiger partial charge in [0.15, 0.2) is 0 Å². The van der Waals surface area contributed by atoms with Crippen molar-refractivity contribution in [2.75, 3.05) is 154 Å². The normalized spacial score (nSPS) is 14.8. The van der Waals surface area contributed by atoms with Gasteiger partial charge in [0.2, 0.25) is 0 Å². The molecule has 2 N–H and O–H groups in total. The number of nitrogens with one attached hydrogen (secondary N) is 2. The van der Waals surface area contributed by atoms with Crippen molar-refractivity contribution < 1.29 is 47.5 Å². The molecule has 4 aromatic carbocycles. The molecule has 7 heterocycles. The van der Waals surface area contributed by atoms with Gasteiger partial charge >= 0.3 is 12.1 Å².